The van der Waals surface area contributed by atoms with Gasteiger partial charge in [-0.1, -0.05) is 47.5 Å². The van der Waals surface area contributed by atoms with E-state index in [0.717, 1.165) is 22.4 Å². The van der Waals surface area contributed by atoms with Crippen LogP contribution in [0.2, 0.25) is 0 Å². The van der Waals surface area contributed by atoms with Crippen molar-refractivity contribution >= 4 is 38.4 Å². The third-order valence-electron chi connectivity index (χ3n) is 4.77. The van der Waals surface area contributed by atoms with Crippen LogP contribution in [-0.4, -0.2) is 18.4 Å². The van der Waals surface area contributed by atoms with Gasteiger partial charge in [-0.2, -0.15) is 0 Å². The van der Waals surface area contributed by atoms with Crippen molar-refractivity contribution in [1.82, 2.24) is 9.97 Å². The number of aromatic nitrogens is 2. The van der Waals surface area contributed by atoms with Crippen molar-refractivity contribution in [3.63, 3.8) is 0 Å². The fourth-order valence-electron chi connectivity index (χ4n) is 3.14. The van der Waals surface area contributed by atoms with E-state index in [4.69, 9.17) is 0 Å². The number of anilines is 3. The highest BCUT2D eigenvalue weighted by Crippen LogP contribution is 2.28. The van der Waals surface area contributed by atoms with Crippen molar-refractivity contribution < 1.29 is 8.42 Å². The molecular weight excluding hydrogens is 396 g/mol. The summed E-state index contributed by atoms with van der Waals surface area (Å²) in [5.74, 6) is 0.491. The zero-order chi connectivity index (χ0) is 21.3. The SMILES string of the molecule is Cc1ccc(S(=O)(=O)Nc2nc3ccccc3nc2Nc2ccc(C)cc2C)cc1. The highest BCUT2D eigenvalue weighted by molar-refractivity contribution is 7.92. The van der Waals surface area contributed by atoms with E-state index in [0.29, 0.717) is 16.9 Å². The maximum absolute atomic E-state index is 13.0. The molecule has 7 heteroatoms. The van der Waals surface area contributed by atoms with Crippen LogP contribution in [0.5, 0.6) is 0 Å². The molecule has 0 amide bonds. The molecule has 0 saturated carbocycles. The average molecular weight is 419 g/mol. The third kappa shape index (κ3) is 4.11. The van der Waals surface area contributed by atoms with Gasteiger partial charge in [0.2, 0.25) is 0 Å². The molecule has 4 aromatic rings. The number of para-hydroxylation sites is 2. The van der Waals surface area contributed by atoms with Gasteiger partial charge < -0.3 is 5.32 Å². The fraction of sp³-hybridized carbons (Fsp3) is 0.130. The van der Waals surface area contributed by atoms with Crippen LogP contribution < -0.4 is 10.0 Å². The van der Waals surface area contributed by atoms with E-state index in [-0.39, 0.29) is 10.7 Å². The molecule has 1 heterocycles. The van der Waals surface area contributed by atoms with Gasteiger partial charge >= 0.3 is 0 Å². The molecule has 152 valence electrons. The first-order valence-corrected chi connectivity index (χ1v) is 11.0. The Kier molecular flexibility index (Phi) is 5.13. The van der Waals surface area contributed by atoms with Crippen molar-refractivity contribution in [2.45, 2.75) is 25.7 Å². The van der Waals surface area contributed by atoms with Crippen LogP contribution in [0.3, 0.4) is 0 Å². The summed E-state index contributed by atoms with van der Waals surface area (Å²) in [4.78, 5) is 9.32. The highest BCUT2D eigenvalue weighted by atomic mass is 32.2. The number of sulfonamides is 1. The molecule has 4 rings (SSSR count). The summed E-state index contributed by atoms with van der Waals surface area (Å²) in [5.41, 5.74) is 5.26. The van der Waals surface area contributed by atoms with Crippen LogP contribution in [0.1, 0.15) is 16.7 Å². The largest absolute Gasteiger partial charge is 0.337 e. The van der Waals surface area contributed by atoms with Gasteiger partial charge in [-0.15, -0.1) is 0 Å². The monoisotopic (exact) mass is 418 g/mol. The number of aryl methyl sites for hydroxylation is 3. The summed E-state index contributed by atoms with van der Waals surface area (Å²) in [6.07, 6.45) is 0. The summed E-state index contributed by atoms with van der Waals surface area (Å²) < 4.78 is 28.5. The minimum absolute atomic E-state index is 0.147. The van der Waals surface area contributed by atoms with Crippen LogP contribution >= 0.6 is 0 Å². The summed E-state index contributed by atoms with van der Waals surface area (Å²) in [7, 11) is -3.82. The summed E-state index contributed by atoms with van der Waals surface area (Å²) in [6.45, 7) is 5.91. The van der Waals surface area contributed by atoms with Crippen molar-refractivity contribution in [3.8, 4) is 0 Å². The van der Waals surface area contributed by atoms with Gasteiger partial charge in [0.05, 0.1) is 15.9 Å². The molecule has 0 spiro atoms. The first kappa shape index (κ1) is 19.8. The fourth-order valence-corrected chi connectivity index (χ4v) is 4.15. The molecule has 0 aliphatic heterocycles. The van der Waals surface area contributed by atoms with Crippen LogP contribution in [0, 0.1) is 20.8 Å². The maximum Gasteiger partial charge on any atom is 0.263 e. The molecule has 0 radical (unpaired) electrons. The molecule has 0 aliphatic rings. The molecule has 0 bridgehead atoms. The number of nitrogens with one attached hydrogen (secondary N) is 2. The van der Waals surface area contributed by atoms with Crippen LogP contribution in [0.4, 0.5) is 17.3 Å². The van der Waals surface area contributed by atoms with E-state index in [1.54, 1.807) is 30.3 Å². The Bertz CT molecular complexity index is 1330. The van der Waals surface area contributed by atoms with Crippen molar-refractivity contribution in [3.05, 3.63) is 83.4 Å². The molecule has 0 saturated heterocycles. The Morgan fingerprint density at radius 3 is 1.97 bits per heavy atom. The second kappa shape index (κ2) is 7.76. The lowest BCUT2D eigenvalue weighted by molar-refractivity contribution is 0.601. The molecule has 6 nitrogen and oxygen atoms in total. The summed E-state index contributed by atoms with van der Waals surface area (Å²) in [6, 6.07) is 20.0. The first-order valence-electron chi connectivity index (χ1n) is 9.52. The Morgan fingerprint density at radius 2 is 1.33 bits per heavy atom. The molecule has 0 fully saturated rings. The van der Waals surface area contributed by atoms with E-state index in [1.807, 2.05) is 57.2 Å². The lowest BCUT2D eigenvalue weighted by atomic mass is 10.1. The van der Waals surface area contributed by atoms with E-state index in [9.17, 15) is 8.42 Å². The van der Waals surface area contributed by atoms with Gasteiger partial charge in [0.1, 0.15) is 0 Å². The number of hydrogen-bond acceptors (Lipinski definition) is 5. The lowest BCUT2D eigenvalue weighted by Crippen LogP contribution is -2.16. The topological polar surface area (TPSA) is 84.0 Å². The van der Waals surface area contributed by atoms with Gasteiger partial charge in [-0.25, -0.2) is 18.4 Å². The predicted molar refractivity (Wildman–Crippen MR) is 121 cm³/mol. The summed E-state index contributed by atoms with van der Waals surface area (Å²) >= 11 is 0. The summed E-state index contributed by atoms with van der Waals surface area (Å²) in [5, 5.41) is 3.24. The van der Waals surface area contributed by atoms with Crippen LogP contribution in [0.25, 0.3) is 11.0 Å². The zero-order valence-corrected chi connectivity index (χ0v) is 17.8. The van der Waals surface area contributed by atoms with Crippen LogP contribution in [0.15, 0.2) is 71.6 Å². The van der Waals surface area contributed by atoms with Gasteiger partial charge in [0, 0.05) is 5.69 Å². The number of benzene rings is 3. The third-order valence-corrected chi connectivity index (χ3v) is 6.12. The van der Waals surface area contributed by atoms with E-state index in [1.165, 1.54) is 0 Å². The molecule has 2 N–H and O–H groups in total. The van der Waals surface area contributed by atoms with E-state index >= 15 is 0 Å². The van der Waals surface area contributed by atoms with E-state index < -0.39 is 10.0 Å². The van der Waals surface area contributed by atoms with Gasteiger partial charge in [0.15, 0.2) is 11.6 Å². The second-order valence-corrected chi connectivity index (χ2v) is 8.95. The molecule has 3 aromatic carbocycles. The van der Waals surface area contributed by atoms with Crippen LogP contribution in [-0.2, 0) is 10.0 Å². The van der Waals surface area contributed by atoms with Gasteiger partial charge in [0.25, 0.3) is 10.0 Å². The molecular formula is C23H22N4O2S. The molecule has 0 atom stereocenters. The minimum atomic E-state index is -3.82. The molecule has 1 aromatic heterocycles. The Labute approximate surface area is 176 Å². The lowest BCUT2D eigenvalue weighted by Gasteiger charge is -2.15. The van der Waals surface area contributed by atoms with Crippen molar-refractivity contribution in [2.75, 3.05) is 10.0 Å². The zero-order valence-electron chi connectivity index (χ0n) is 17.0. The van der Waals surface area contributed by atoms with Crippen molar-refractivity contribution in [2.24, 2.45) is 0 Å². The Hall–Kier alpha value is -3.45. The number of fused-ring (bicyclic) bond motifs is 1. The number of hydrogen-bond donors (Lipinski definition) is 2. The van der Waals surface area contributed by atoms with E-state index in [2.05, 4.69) is 20.0 Å². The Balaban J connectivity index is 1.79. The Morgan fingerprint density at radius 1 is 0.733 bits per heavy atom. The highest BCUT2D eigenvalue weighted by Gasteiger charge is 2.19. The maximum atomic E-state index is 13.0. The quantitative estimate of drug-likeness (QED) is 0.471. The van der Waals surface area contributed by atoms with Gasteiger partial charge in [-0.05, 0) is 56.7 Å². The molecule has 0 unspecified atom stereocenters. The van der Waals surface area contributed by atoms with Gasteiger partial charge in [-0.3, -0.25) is 4.72 Å². The minimum Gasteiger partial charge on any atom is -0.337 e. The first-order chi connectivity index (χ1) is 14.3. The average Bonchev–Trinajstić information content (AvgIpc) is 2.70. The van der Waals surface area contributed by atoms with Crippen molar-refractivity contribution in [1.29, 1.82) is 0 Å². The predicted octanol–water partition coefficient (Wildman–Crippen LogP) is 5.10. The standard InChI is InChI=1S/C23H22N4O2S/c1-15-8-11-18(12-9-15)30(28,29)27-23-22(24-19-13-10-16(2)14-17(19)3)25-20-6-4-5-7-21(20)26-23/h4-14H,1-3H3,(H,24,25)(H,26,27). The number of nitrogens with zero attached hydrogens (tertiary/aromatic N) is 2. The smallest absolute Gasteiger partial charge is 0.263 e. The molecule has 0 aliphatic carbocycles. The normalized spacial score (nSPS) is 11.4. The number of rotatable bonds is 5. The molecule has 30 heavy (non-hydrogen) atoms. The second-order valence-electron chi connectivity index (χ2n) is 7.27.